The largest absolute Gasteiger partial charge is 0.470 e. The molecule has 2 aromatic rings. The van der Waals surface area contributed by atoms with Crippen LogP contribution in [0.4, 0.5) is 26.4 Å². The summed E-state index contributed by atoms with van der Waals surface area (Å²) in [5, 5.41) is 3.10. The zero-order chi connectivity index (χ0) is 22.5. The van der Waals surface area contributed by atoms with Crippen molar-refractivity contribution >= 4 is 34.9 Å². The molecule has 3 fully saturated rings. The van der Waals surface area contributed by atoms with Gasteiger partial charge in [-0.25, -0.2) is 14.6 Å². The van der Waals surface area contributed by atoms with Gasteiger partial charge >= 0.3 is 6.09 Å². The van der Waals surface area contributed by atoms with Gasteiger partial charge < -0.3 is 19.7 Å². The van der Waals surface area contributed by atoms with Crippen molar-refractivity contribution in [2.75, 3.05) is 18.4 Å². The van der Waals surface area contributed by atoms with Crippen molar-refractivity contribution < 1.29 is 18.7 Å². The summed E-state index contributed by atoms with van der Waals surface area (Å²) in [5.41, 5.74) is 0.250. The lowest BCUT2D eigenvalue weighted by atomic mass is 10.0. The molecule has 5 rings (SSSR count). The molecule has 1 aromatic heterocycles. The predicted molar refractivity (Wildman–Crippen MR) is 115 cm³/mol. The van der Waals surface area contributed by atoms with Gasteiger partial charge in [-0.3, -0.25) is 0 Å². The quantitative estimate of drug-likeness (QED) is 0.629. The van der Waals surface area contributed by atoms with Crippen LogP contribution in [0.15, 0.2) is 24.5 Å². The Kier molecular flexibility index (Phi) is 4.86. The Morgan fingerprint density at radius 2 is 2.12 bits per heavy atom. The van der Waals surface area contributed by atoms with E-state index in [2.05, 4.69) is 20.1 Å². The van der Waals surface area contributed by atoms with Crippen molar-refractivity contribution in [1.29, 1.82) is 0 Å². The number of carbonyl (C=O) groups is 1. The molecule has 32 heavy (non-hydrogen) atoms. The zero-order valence-corrected chi connectivity index (χ0v) is 18.2. The Hall–Kier alpha value is -3.12. The average Bonchev–Trinajstić information content (AvgIpc) is 3.66. The molecule has 10 heteroatoms. The van der Waals surface area contributed by atoms with Gasteiger partial charge in [-0.05, 0) is 44.7 Å². The summed E-state index contributed by atoms with van der Waals surface area (Å²) in [5.74, 6) is -1.02. The van der Waals surface area contributed by atoms with E-state index in [4.69, 9.17) is 27.6 Å². The number of benzene rings is 1. The normalized spacial score (nSPS) is 21.7. The van der Waals surface area contributed by atoms with Gasteiger partial charge in [0, 0.05) is 12.0 Å². The van der Waals surface area contributed by atoms with Crippen LogP contribution in [0.2, 0.25) is 5.02 Å². The maximum absolute atomic E-state index is 15.1. The van der Waals surface area contributed by atoms with Crippen molar-refractivity contribution in [3.05, 3.63) is 46.8 Å². The Labute approximate surface area is 189 Å². The summed E-state index contributed by atoms with van der Waals surface area (Å²) in [7, 11) is 0. The van der Waals surface area contributed by atoms with Crippen LogP contribution in [0.3, 0.4) is 0 Å². The Morgan fingerprint density at radius 3 is 2.78 bits per heavy atom. The highest BCUT2D eigenvalue weighted by Crippen LogP contribution is 2.54. The van der Waals surface area contributed by atoms with Crippen LogP contribution in [0.5, 0.6) is 5.88 Å². The van der Waals surface area contributed by atoms with Gasteiger partial charge in [0.2, 0.25) is 5.82 Å². The van der Waals surface area contributed by atoms with E-state index in [1.165, 1.54) is 12.4 Å². The average molecular weight is 458 g/mol. The number of hydrogen-bond acceptors (Lipinski definition) is 6. The summed E-state index contributed by atoms with van der Waals surface area (Å²) in [6.07, 6.45) is 4.05. The van der Waals surface area contributed by atoms with Crippen LogP contribution in [-0.4, -0.2) is 45.8 Å². The van der Waals surface area contributed by atoms with Crippen molar-refractivity contribution in [2.24, 2.45) is 5.41 Å². The van der Waals surface area contributed by atoms with Gasteiger partial charge in [0.25, 0.3) is 5.88 Å². The first-order valence-corrected chi connectivity index (χ1v) is 10.8. The van der Waals surface area contributed by atoms with Crippen LogP contribution in [0.25, 0.3) is 4.85 Å². The molecule has 1 atom stereocenters. The molecule has 2 heterocycles. The minimum absolute atomic E-state index is 0.0896. The number of aromatic nitrogens is 2. The first kappa shape index (κ1) is 20.8. The molecule has 0 radical (unpaired) electrons. The fraction of sp³-hybridized carbons (Fsp3) is 0.455. The fourth-order valence-corrected chi connectivity index (χ4v) is 4.12. The van der Waals surface area contributed by atoms with Crippen LogP contribution < -0.4 is 10.1 Å². The van der Waals surface area contributed by atoms with E-state index < -0.39 is 5.82 Å². The van der Waals surface area contributed by atoms with Gasteiger partial charge in [-0.15, -0.1) is 0 Å². The van der Waals surface area contributed by atoms with E-state index in [1.807, 2.05) is 6.92 Å². The van der Waals surface area contributed by atoms with E-state index >= 15 is 4.39 Å². The van der Waals surface area contributed by atoms with Gasteiger partial charge in [0.1, 0.15) is 18.0 Å². The van der Waals surface area contributed by atoms with Crippen molar-refractivity contribution in [1.82, 2.24) is 14.9 Å². The third-order valence-electron chi connectivity index (χ3n) is 6.36. The summed E-state index contributed by atoms with van der Waals surface area (Å²) >= 11 is 6.18. The molecule has 3 aliphatic rings. The number of hydrogen-bond donors (Lipinski definition) is 1. The van der Waals surface area contributed by atoms with Gasteiger partial charge in [-0.2, -0.15) is 9.37 Å². The summed E-state index contributed by atoms with van der Waals surface area (Å²) in [6.45, 7) is 9.83. The highest BCUT2D eigenvalue weighted by Gasteiger charge is 2.59. The van der Waals surface area contributed by atoms with E-state index in [0.29, 0.717) is 24.5 Å². The van der Waals surface area contributed by atoms with Gasteiger partial charge in [0.05, 0.1) is 23.8 Å². The molecule has 1 amide bonds. The maximum atomic E-state index is 15.1. The van der Waals surface area contributed by atoms with Gasteiger partial charge in [-0.1, -0.05) is 17.7 Å². The molecule has 1 N–H and O–H groups in total. The third kappa shape index (κ3) is 3.91. The minimum atomic E-state index is -0.750. The van der Waals surface area contributed by atoms with Crippen LogP contribution >= 0.6 is 11.6 Å². The van der Waals surface area contributed by atoms with Crippen LogP contribution in [0, 0.1) is 17.8 Å². The zero-order valence-electron chi connectivity index (χ0n) is 17.4. The van der Waals surface area contributed by atoms with E-state index in [1.54, 1.807) is 17.0 Å². The Balaban J connectivity index is 1.31. The number of carbonyl (C=O) groups excluding carboxylic acids is 1. The molecule has 1 aliphatic heterocycles. The number of rotatable bonds is 5. The highest BCUT2D eigenvalue weighted by molar-refractivity contribution is 6.33. The van der Waals surface area contributed by atoms with Crippen molar-refractivity contribution in [3.63, 3.8) is 0 Å². The molecule has 1 aromatic carbocycles. The first-order chi connectivity index (χ1) is 15.3. The molecule has 8 nitrogen and oxygen atoms in total. The molecule has 1 saturated heterocycles. The second kappa shape index (κ2) is 7.48. The topological polar surface area (TPSA) is 80.9 Å². The van der Waals surface area contributed by atoms with Crippen LogP contribution in [-0.2, 0) is 4.74 Å². The SMILES string of the molecule is [C-]#[N+]c1ccc(Nc2ncnc(OC3CN(C(=O)OC4(C)CC4)CC34CC4)c2F)c(Cl)c1. The van der Waals surface area contributed by atoms with Gasteiger partial charge in [0.15, 0.2) is 11.5 Å². The fourth-order valence-electron chi connectivity index (χ4n) is 3.90. The molecule has 2 saturated carbocycles. The number of amides is 1. The Bertz CT molecular complexity index is 1130. The lowest BCUT2D eigenvalue weighted by molar-refractivity contribution is 0.0611. The predicted octanol–water partition coefficient (Wildman–Crippen LogP) is 5.10. The molecular formula is C22H21ClFN5O3. The van der Waals surface area contributed by atoms with Crippen LogP contribution in [0.1, 0.15) is 32.6 Å². The summed E-state index contributed by atoms with van der Waals surface area (Å²) in [6, 6.07) is 4.64. The number of nitrogens with zero attached hydrogens (tertiary/aromatic N) is 4. The van der Waals surface area contributed by atoms with E-state index in [-0.39, 0.29) is 39.9 Å². The second-order valence-electron chi connectivity index (χ2n) is 8.91. The molecule has 1 spiro atoms. The Morgan fingerprint density at radius 1 is 1.34 bits per heavy atom. The number of halogens is 2. The summed E-state index contributed by atoms with van der Waals surface area (Å²) < 4.78 is 26.7. The number of likely N-dealkylation sites (tertiary alicyclic amines) is 1. The molecule has 2 aliphatic carbocycles. The van der Waals surface area contributed by atoms with E-state index in [9.17, 15) is 4.79 Å². The smallest absolute Gasteiger partial charge is 0.410 e. The molecule has 0 bridgehead atoms. The molecular weight excluding hydrogens is 437 g/mol. The maximum Gasteiger partial charge on any atom is 0.410 e. The van der Waals surface area contributed by atoms with E-state index in [0.717, 1.165) is 25.7 Å². The summed E-state index contributed by atoms with van der Waals surface area (Å²) in [4.78, 5) is 25.4. The third-order valence-corrected chi connectivity index (χ3v) is 6.67. The standard InChI is InChI=1S/C22H21ClFN5O3/c1-21(5-6-21)32-20(30)29-10-16(22(11-29)7-8-22)31-19-17(24)18(26-12-27-19)28-15-4-3-13(25-2)9-14(15)23/h3-4,9,12,16H,5-8,10-11H2,1H3,(H,26,27,28). The van der Waals surface area contributed by atoms with Crippen molar-refractivity contribution in [2.45, 2.75) is 44.3 Å². The number of anilines is 2. The molecule has 1 unspecified atom stereocenters. The monoisotopic (exact) mass is 457 g/mol. The number of nitrogens with one attached hydrogen (secondary N) is 1. The number of ether oxygens (including phenoxy) is 2. The first-order valence-electron chi connectivity index (χ1n) is 10.4. The van der Waals surface area contributed by atoms with Crippen molar-refractivity contribution in [3.8, 4) is 5.88 Å². The molecule has 166 valence electrons. The highest BCUT2D eigenvalue weighted by atomic mass is 35.5. The second-order valence-corrected chi connectivity index (χ2v) is 9.32. The lowest BCUT2D eigenvalue weighted by Gasteiger charge is -2.20. The lowest BCUT2D eigenvalue weighted by Crippen LogP contribution is -2.34. The minimum Gasteiger partial charge on any atom is -0.470 e.